The van der Waals surface area contributed by atoms with Gasteiger partial charge in [0.05, 0.1) is 6.10 Å². The van der Waals surface area contributed by atoms with Crippen molar-refractivity contribution in [2.45, 2.75) is 53.6 Å². The van der Waals surface area contributed by atoms with Crippen LogP contribution in [0.5, 0.6) is 0 Å². The number of carbonyl (C=O) groups excluding carboxylic acids is 2. The van der Waals surface area contributed by atoms with Crippen LogP contribution in [0.3, 0.4) is 0 Å². The standard InChI is InChI=1S/C11H23NO2.C7H7NO/c1-8(2)6-10(5)14-12-11(13)7-9(3)4;9-6-8-7-4-2-1-3-5-7/h8-10H,6-7H2,1-5H3,(H,12,13);1-6H,(H,8,9). The zero-order valence-electron chi connectivity index (χ0n) is 14.8. The van der Waals surface area contributed by atoms with Crippen LogP contribution in [0.25, 0.3) is 0 Å². The van der Waals surface area contributed by atoms with Gasteiger partial charge >= 0.3 is 0 Å². The fraction of sp³-hybridized carbons (Fsp3) is 0.556. The van der Waals surface area contributed by atoms with Crippen LogP contribution in [-0.4, -0.2) is 18.4 Å². The molecule has 1 aromatic rings. The summed E-state index contributed by atoms with van der Waals surface area (Å²) in [6, 6.07) is 9.29. The van der Waals surface area contributed by atoms with E-state index in [2.05, 4.69) is 24.6 Å². The monoisotopic (exact) mass is 322 g/mol. The molecule has 0 saturated heterocycles. The second-order valence-electron chi connectivity index (χ2n) is 6.31. The summed E-state index contributed by atoms with van der Waals surface area (Å²) in [6.07, 6.45) is 2.23. The van der Waals surface area contributed by atoms with E-state index in [4.69, 9.17) is 4.84 Å². The van der Waals surface area contributed by atoms with Crippen LogP contribution in [0, 0.1) is 11.8 Å². The van der Waals surface area contributed by atoms with Crippen molar-refractivity contribution in [2.75, 3.05) is 5.32 Å². The Bertz CT molecular complexity index is 433. The molecule has 0 aromatic heterocycles. The summed E-state index contributed by atoms with van der Waals surface area (Å²) in [6.45, 7) is 10.3. The van der Waals surface area contributed by atoms with E-state index >= 15 is 0 Å². The largest absolute Gasteiger partial charge is 0.329 e. The molecule has 0 heterocycles. The van der Waals surface area contributed by atoms with E-state index in [9.17, 15) is 9.59 Å². The maximum atomic E-state index is 11.2. The Morgan fingerprint density at radius 2 is 1.70 bits per heavy atom. The Balaban J connectivity index is 0.000000459. The fourth-order valence-electron chi connectivity index (χ4n) is 1.89. The van der Waals surface area contributed by atoms with Gasteiger partial charge in [-0.05, 0) is 37.3 Å². The Labute approximate surface area is 139 Å². The quantitative estimate of drug-likeness (QED) is 0.565. The van der Waals surface area contributed by atoms with E-state index in [0.29, 0.717) is 24.7 Å². The second kappa shape index (κ2) is 12.6. The van der Waals surface area contributed by atoms with Crippen molar-refractivity contribution in [2.24, 2.45) is 11.8 Å². The zero-order chi connectivity index (χ0) is 17.7. The lowest BCUT2D eigenvalue weighted by Crippen LogP contribution is -2.29. The van der Waals surface area contributed by atoms with Gasteiger partial charge in [0.1, 0.15) is 0 Å². The van der Waals surface area contributed by atoms with Gasteiger partial charge in [-0.1, -0.05) is 45.9 Å². The first kappa shape index (κ1) is 21.1. The highest BCUT2D eigenvalue weighted by Gasteiger charge is 2.09. The molecular formula is C18H30N2O3. The van der Waals surface area contributed by atoms with E-state index in [0.717, 1.165) is 12.1 Å². The molecule has 1 atom stereocenters. The third-order valence-electron chi connectivity index (χ3n) is 2.77. The van der Waals surface area contributed by atoms with Gasteiger partial charge in [0.25, 0.3) is 0 Å². The third-order valence-corrected chi connectivity index (χ3v) is 2.77. The molecule has 130 valence electrons. The van der Waals surface area contributed by atoms with Crippen LogP contribution in [-0.2, 0) is 14.4 Å². The summed E-state index contributed by atoms with van der Waals surface area (Å²) in [5, 5.41) is 2.53. The number of hydrogen-bond acceptors (Lipinski definition) is 3. The smallest absolute Gasteiger partial charge is 0.243 e. The molecule has 23 heavy (non-hydrogen) atoms. The average Bonchev–Trinajstić information content (AvgIpc) is 2.46. The molecule has 1 unspecified atom stereocenters. The number of hydrogen-bond donors (Lipinski definition) is 2. The normalized spacial score (nSPS) is 11.4. The number of benzene rings is 1. The second-order valence-corrected chi connectivity index (χ2v) is 6.31. The molecule has 0 bridgehead atoms. The van der Waals surface area contributed by atoms with Crippen molar-refractivity contribution in [3.05, 3.63) is 30.3 Å². The predicted molar refractivity (Wildman–Crippen MR) is 93.7 cm³/mol. The third kappa shape index (κ3) is 13.5. The van der Waals surface area contributed by atoms with Gasteiger partial charge < -0.3 is 5.32 Å². The summed E-state index contributed by atoms with van der Waals surface area (Å²) in [5.41, 5.74) is 3.31. The molecule has 0 aliphatic rings. The molecule has 5 nitrogen and oxygen atoms in total. The minimum absolute atomic E-state index is 0.0318. The molecular weight excluding hydrogens is 292 g/mol. The van der Waals surface area contributed by atoms with Crippen molar-refractivity contribution in [1.29, 1.82) is 0 Å². The van der Waals surface area contributed by atoms with Gasteiger partial charge in [-0.3, -0.25) is 14.4 Å². The van der Waals surface area contributed by atoms with Crippen molar-refractivity contribution in [3.8, 4) is 0 Å². The molecule has 1 aromatic carbocycles. The summed E-state index contributed by atoms with van der Waals surface area (Å²) < 4.78 is 0. The molecule has 2 amide bonds. The molecule has 0 aliphatic heterocycles. The number of carbonyl (C=O) groups is 2. The maximum absolute atomic E-state index is 11.2. The number of anilines is 1. The molecule has 1 rings (SSSR count). The first-order valence-electron chi connectivity index (χ1n) is 8.04. The van der Waals surface area contributed by atoms with Gasteiger partial charge in [-0.25, -0.2) is 5.48 Å². The summed E-state index contributed by atoms with van der Waals surface area (Å²) in [4.78, 5) is 26.3. The van der Waals surface area contributed by atoms with Crippen molar-refractivity contribution < 1.29 is 14.4 Å². The Hall–Kier alpha value is -1.88. The van der Waals surface area contributed by atoms with E-state index in [1.807, 2.05) is 51.1 Å². The lowest BCUT2D eigenvalue weighted by atomic mass is 10.1. The molecule has 0 aliphatic carbocycles. The van der Waals surface area contributed by atoms with Gasteiger partial charge in [0.2, 0.25) is 12.3 Å². The minimum atomic E-state index is -0.0318. The van der Waals surface area contributed by atoms with Crippen LogP contribution >= 0.6 is 0 Å². The Morgan fingerprint density at radius 3 is 2.17 bits per heavy atom. The highest BCUT2D eigenvalue weighted by atomic mass is 16.7. The van der Waals surface area contributed by atoms with Gasteiger partial charge in [0, 0.05) is 12.1 Å². The van der Waals surface area contributed by atoms with Crippen LogP contribution in [0.2, 0.25) is 0 Å². The minimum Gasteiger partial charge on any atom is -0.329 e. The summed E-state index contributed by atoms with van der Waals surface area (Å²) in [5.74, 6) is 0.932. The predicted octanol–water partition coefficient (Wildman–Crippen LogP) is 3.77. The topological polar surface area (TPSA) is 67.4 Å². The number of para-hydroxylation sites is 1. The lowest BCUT2D eigenvalue weighted by Gasteiger charge is -2.15. The Kier molecular flexibility index (Phi) is 11.6. The fourth-order valence-corrected chi connectivity index (χ4v) is 1.89. The van der Waals surface area contributed by atoms with Crippen LogP contribution < -0.4 is 10.8 Å². The number of hydroxylamine groups is 1. The molecule has 2 N–H and O–H groups in total. The highest BCUT2D eigenvalue weighted by Crippen LogP contribution is 2.06. The first-order valence-corrected chi connectivity index (χ1v) is 8.04. The summed E-state index contributed by atoms with van der Waals surface area (Å²) in [7, 11) is 0. The van der Waals surface area contributed by atoms with E-state index < -0.39 is 0 Å². The van der Waals surface area contributed by atoms with Crippen LogP contribution in [0.15, 0.2) is 30.3 Å². The van der Waals surface area contributed by atoms with Gasteiger partial charge in [-0.2, -0.15) is 0 Å². The molecule has 0 saturated carbocycles. The van der Waals surface area contributed by atoms with Gasteiger partial charge in [-0.15, -0.1) is 0 Å². The molecule has 0 fully saturated rings. The lowest BCUT2D eigenvalue weighted by molar-refractivity contribution is -0.139. The van der Waals surface area contributed by atoms with E-state index in [1.165, 1.54) is 0 Å². The molecule has 5 heteroatoms. The number of rotatable bonds is 8. The Morgan fingerprint density at radius 1 is 1.09 bits per heavy atom. The average molecular weight is 322 g/mol. The van der Waals surface area contributed by atoms with Crippen molar-refractivity contribution >= 4 is 18.0 Å². The first-order chi connectivity index (χ1) is 10.8. The van der Waals surface area contributed by atoms with E-state index in [1.54, 1.807) is 0 Å². The van der Waals surface area contributed by atoms with Crippen molar-refractivity contribution in [3.63, 3.8) is 0 Å². The molecule has 0 spiro atoms. The van der Waals surface area contributed by atoms with Crippen LogP contribution in [0.4, 0.5) is 5.69 Å². The number of amides is 2. The van der Waals surface area contributed by atoms with Crippen LogP contribution in [0.1, 0.15) is 47.5 Å². The van der Waals surface area contributed by atoms with Gasteiger partial charge in [0.15, 0.2) is 0 Å². The SMILES string of the molecule is CC(C)CC(=O)NOC(C)CC(C)C.O=CNc1ccccc1. The zero-order valence-corrected chi connectivity index (χ0v) is 14.8. The van der Waals surface area contributed by atoms with Crippen molar-refractivity contribution in [1.82, 2.24) is 5.48 Å². The van der Waals surface area contributed by atoms with E-state index in [-0.39, 0.29) is 12.0 Å². The molecule has 0 radical (unpaired) electrons. The maximum Gasteiger partial charge on any atom is 0.243 e. The summed E-state index contributed by atoms with van der Waals surface area (Å²) >= 11 is 0. The number of nitrogens with one attached hydrogen (secondary N) is 2. The highest BCUT2D eigenvalue weighted by molar-refractivity contribution is 5.74.